The van der Waals surface area contributed by atoms with Crippen molar-refractivity contribution < 1.29 is 18.0 Å². The van der Waals surface area contributed by atoms with Crippen molar-refractivity contribution in [2.24, 2.45) is 5.41 Å². The van der Waals surface area contributed by atoms with Gasteiger partial charge in [0.15, 0.2) is 0 Å². The van der Waals surface area contributed by atoms with Crippen molar-refractivity contribution in [2.75, 3.05) is 6.54 Å². The molecule has 0 saturated heterocycles. The maximum Gasteiger partial charge on any atom is 0.406 e. The summed E-state index contributed by atoms with van der Waals surface area (Å²) in [6.45, 7) is 4.98. The van der Waals surface area contributed by atoms with Gasteiger partial charge in [-0.2, -0.15) is 18.4 Å². The molecule has 6 heteroatoms. The number of hydrogen-bond acceptors (Lipinski definition) is 2. The predicted molar refractivity (Wildman–Crippen MR) is 61.5 cm³/mol. The normalized spacial score (nSPS) is 12.4. The first-order chi connectivity index (χ1) is 8.13. The summed E-state index contributed by atoms with van der Waals surface area (Å²) in [6, 6.07) is 1.28. The average molecular weight is 264 g/mol. The number of nitriles is 1. The fraction of sp³-hybridized carbons (Fsp3) is 0.833. The van der Waals surface area contributed by atoms with Crippen molar-refractivity contribution in [3.05, 3.63) is 0 Å². The van der Waals surface area contributed by atoms with Gasteiger partial charge in [-0.25, -0.2) is 0 Å². The van der Waals surface area contributed by atoms with E-state index in [0.717, 1.165) is 4.90 Å². The molecule has 1 amide bonds. The first kappa shape index (κ1) is 16.8. The lowest BCUT2D eigenvalue weighted by atomic mass is 9.82. The van der Waals surface area contributed by atoms with E-state index in [-0.39, 0.29) is 12.8 Å². The first-order valence-electron chi connectivity index (χ1n) is 5.92. The van der Waals surface area contributed by atoms with Crippen molar-refractivity contribution in [3.8, 4) is 6.07 Å². The zero-order chi connectivity index (χ0) is 14.6. The number of halogens is 3. The number of carbonyl (C=O) groups excluding carboxylic acids is 1. The van der Waals surface area contributed by atoms with Crippen LogP contribution in [-0.2, 0) is 4.79 Å². The monoisotopic (exact) mass is 264 g/mol. The van der Waals surface area contributed by atoms with E-state index in [1.165, 1.54) is 13.8 Å². The Balaban J connectivity index is 5.27. The van der Waals surface area contributed by atoms with Gasteiger partial charge in [0.2, 0.25) is 5.91 Å². The fourth-order valence-corrected chi connectivity index (χ4v) is 1.72. The van der Waals surface area contributed by atoms with E-state index in [1.807, 2.05) is 6.07 Å². The molecule has 0 saturated carbocycles. The van der Waals surface area contributed by atoms with Gasteiger partial charge in [-0.1, -0.05) is 13.8 Å². The minimum absolute atomic E-state index is 0.208. The van der Waals surface area contributed by atoms with Gasteiger partial charge in [0, 0.05) is 6.04 Å². The summed E-state index contributed by atoms with van der Waals surface area (Å²) in [4.78, 5) is 12.9. The summed E-state index contributed by atoms with van der Waals surface area (Å²) < 4.78 is 37.3. The largest absolute Gasteiger partial charge is 0.406 e. The van der Waals surface area contributed by atoms with E-state index in [9.17, 15) is 18.0 Å². The molecular formula is C12H19F3N2O. The molecule has 0 unspecified atom stereocenters. The van der Waals surface area contributed by atoms with Crippen molar-refractivity contribution in [3.63, 3.8) is 0 Å². The first-order valence-corrected chi connectivity index (χ1v) is 5.92. The summed E-state index contributed by atoms with van der Waals surface area (Å²) in [5, 5.41) is 9.10. The molecule has 0 atom stereocenters. The van der Waals surface area contributed by atoms with Gasteiger partial charge in [0.25, 0.3) is 0 Å². The van der Waals surface area contributed by atoms with Crippen LogP contribution in [0.15, 0.2) is 0 Å². The highest BCUT2D eigenvalue weighted by molar-refractivity contribution is 5.85. The Labute approximate surface area is 106 Å². The number of nitrogens with zero attached hydrogens (tertiary/aromatic N) is 2. The lowest BCUT2D eigenvalue weighted by Gasteiger charge is -2.34. The highest BCUT2D eigenvalue weighted by atomic mass is 19.4. The van der Waals surface area contributed by atoms with Crippen LogP contribution in [0, 0.1) is 16.7 Å². The van der Waals surface area contributed by atoms with Gasteiger partial charge in [-0.15, -0.1) is 0 Å². The van der Waals surface area contributed by atoms with E-state index in [1.54, 1.807) is 13.8 Å². The smallest absolute Gasteiger partial charge is 0.330 e. The quantitative estimate of drug-likeness (QED) is 0.765. The number of amides is 1. The van der Waals surface area contributed by atoms with Crippen LogP contribution in [0.25, 0.3) is 0 Å². The van der Waals surface area contributed by atoms with Crippen LogP contribution in [0.3, 0.4) is 0 Å². The number of hydrogen-bond donors (Lipinski definition) is 0. The topological polar surface area (TPSA) is 44.1 Å². The Bertz CT molecular complexity index is 327. The highest BCUT2D eigenvalue weighted by Crippen LogP contribution is 2.30. The van der Waals surface area contributed by atoms with Gasteiger partial charge in [-0.05, 0) is 26.7 Å². The molecule has 0 heterocycles. The molecule has 0 bridgehead atoms. The highest BCUT2D eigenvalue weighted by Gasteiger charge is 2.43. The molecule has 0 N–H and O–H groups in total. The molecule has 104 valence electrons. The van der Waals surface area contributed by atoms with Crippen LogP contribution in [0.5, 0.6) is 0 Å². The Hall–Kier alpha value is -1.25. The van der Waals surface area contributed by atoms with Crippen LogP contribution >= 0.6 is 0 Å². The molecule has 0 aliphatic heterocycles. The predicted octanol–water partition coefficient (Wildman–Crippen LogP) is 3.12. The minimum Gasteiger partial charge on any atom is -0.330 e. The van der Waals surface area contributed by atoms with Crippen LogP contribution < -0.4 is 0 Å². The zero-order valence-corrected chi connectivity index (χ0v) is 11.1. The van der Waals surface area contributed by atoms with Crippen LogP contribution in [0.2, 0.25) is 0 Å². The van der Waals surface area contributed by atoms with Crippen LogP contribution in [-0.4, -0.2) is 29.6 Å². The lowest BCUT2D eigenvalue weighted by Crippen LogP contribution is -2.49. The van der Waals surface area contributed by atoms with Crippen LogP contribution in [0.4, 0.5) is 13.2 Å². The molecular weight excluding hydrogens is 245 g/mol. The second-order valence-corrected chi connectivity index (χ2v) is 4.54. The van der Waals surface area contributed by atoms with Gasteiger partial charge >= 0.3 is 6.18 Å². The Morgan fingerprint density at radius 3 is 1.94 bits per heavy atom. The Morgan fingerprint density at radius 2 is 1.72 bits per heavy atom. The van der Waals surface area contributed by atoms with Crippen molar-refractivity contribution >= 4 is 5.91 Å². The standard InChI is InChI=1S/C12H19F3N2O/c1-5-11(6-2,7-16)10(18)17(9(3)4)8-12(13,14)15/h9H,5-6,8H2,1-4H3. The summed E-state index contributed by atoms with van der Waals surface area (Å²) in [5.41, 5.74) is -1.35. The molecule has 0 aromatic heterocycles. The molecule has 0 fully saturated rings. The molecule has 3 nitrogen and oxygen atoms in total. The summed E-state index contributed by atoms with van der Waals surface area (Å²) in [5.74, 6) is -0.734. The van der Waals surface area contributed by atoms with E-state index < -0.39 is 30.1 Å². The van der Waals surface area contributed by atoms with Gasteiger partial charge in [0.1, 0.15) is 12.0 Å². The molecule has 0 aromatic carbocycles. The second kappa shape index (κ2) is 6.07. The van der Waals surface area contributed by atoms with E-state index in [0.29, 0.717) is 0 Å². The number of alkyl halides is 3. The Kier molecular flexibility index (Phi) is 5.65. The molecule has 0 radical (unpaired) electrons. The lowest BCUT2D eigenvalue weighted by molar-refractivity contribution is -0.169. The maximum atomic E-state index is 12.4. The van der Waals surface area contributed by atoms with Crippen molar-refractivity contribution in [2.45, 2.75) is 52.8 Å². The van der Waals surface area contributed by atoms with E-state index in [4.69, 9.17) is 5.26 Å². The second-order valence-electron chi connectivity index (χ2n) is 4.54. The van der Waals surface area contributed by atoms with E-state index in [2.05, 4.69) is 0 Å². The molecule has 0 aliphatic rings. The summed E-state index contributed by atoms with van der Waals surface area (Å²) in [6.07, 6.45) is -4.04. The van der Waals surface area contributed by atoms with Gasteiger partial charge < -0.3 is 4.90 Å². The number of carbonyl (C=O) groups is 1. The molecule has 0 aliphatic carbocycles. The van der Waals surface area contributed by atoms with Crippen LogP contribution in [0.1, 0.15) is 40.5 Å². The van der Waals surface area contributed by atoms with Gasteiger partial charge in [0.05, 0.1) is 6.07 Å². The molecule has 0 rings (SSSR count). The summed E-state index contributed by atoms with van der Waals surface area (Å²) in [7, 11) is 0. The van der Waals surface area contributed by atoms with Crippen molar-refractivity contribution in [1.82, 2.24) is 4.90 Å². The molecule has 0 spiro atoms. The molecule has 18 heavy (non-hydrogen) atoms. The third-order valence-electron chi connectivity index (χ3n) is 3.06. The number of rotatable bonds is 5. The van der Waals surface area contributed by atoms with Gasteiger partial charge in [-0.3, -0.25) is 4.79 Å². The Morgan fingerprint density at radius 1 is 1.28 bits per heavy atom. The zero-order valence-electron chi connectivity index (χ0n) is 11.1. The SMILES string of the molecule is CCC(C#N)(CC)C(=O)N(CC(F)(F)F)C(C)C. The average Bonchev–Trinajstić information content (AvgIpc) is 2.27. The fourth-order valence-electron chi connectivity index (χ4n) is 1.72. The molecule has 0 aromatic rings. The van der Waals surface area contributed by atoms with E-state index >= 15 is 0 Å². The third-order valence-corrected chi connectivity index (χ3v) is 3.06. The van der Waals surface area contributed by atoms with Crippen molar-refractivity contribution in [1.29, 1.82) is 5.26 Å². The minimum atomic E-state index is -4.46. The maximum absolute atomic E-state index is 12.4. The third kappa shape index (κ3) is 3.90. The summed E-state index contributed by atoms with van der Waals surface area (Å²) >= 11 is 0.